The van der Waals surface area contributed by atoms with Crippen LogP contribution in [0.4, 0.5) is 0 Å². The van der Waals surface area contributed by atoms with Crippen molar-refractivity contribution in [3.63, 3.8) is 0 Å². The van der Waals surface area contributed by atoms with Crippen molar-refractivity contribution >= 4 is 22.6 Å². The molecule has 0 atom stereocenters. The Bertz CT molecular complexity index is 1110. The maximum Gasteiger partial charge on any atom is 0.135 e. The second kappa shape index (κ2) is 5.49. The van der Waals surface area contributed by atoms with Gasteiger partial charge in [0.1, 0.15) is 11.3 Å². The fourth-order valence-corrected chi connectivity index (χ4v) is 3.73. The number of hydrogen-bond acceptors (Lipinski definition) is 1. The molecule has 1 heteroatoms. The zero-order chi connectivity index (χ0) is 16.8. The molecule has 0 aliphatic heterocycles. The first kappa shape index (κ1) is 14.3. The zero-order valence-electron chi connectivity index (χ0n) is 14.1. The normalized spacial score (nSPS) is 13.1. The van der Waals surface area contributed by atoms with Crippen LogP contribution in [0.3, 0.4) is 0 Å². The Morgan fingerprint density at radius 3 is 2.44 bits per heavy atom. The molecule has 3 aromatic carbocycles. The standard InChI is InChI=1S/C24H18O/c1-16-10-12-17(13-11-16)21-15-24-22(14-18-6-2-3-7-19(18)21)20-8-4-5-9-23(20)25-24/h2-13,15H,14H2,1H3. The number of aryl methyl sites for hydroxylation is 1. The van der Waals surface area contributed by atoms with Gasteiger partial charge < -0.3 is 4.42 Å². The highest BCUT2D eigenvalue weighted by atomic mass is 16.3. The first-order valence-corrected chi connectivity index (χ1v) is 8.67. The molecule has 1 heterocycles. The third-order valence-electron chi connectivity index (χ3n) is 5.04. The molecule has 0 fully saturated rings. The highest BCUT2D eigenvalue weighted by Crippen LogP contribution is 2.38. The number of furan rings is 1. The van der Waals surface area contributed by atoms with E-state index < -0.39 is 0 Å². The van der Waals surface area contributed by atoms with E-state index in [0.29, 0.717) is 0 Å². The van der Waals surface area contributed by atoms with Crippen LogP contribution in [0.25, 0.3) is 22.6 Å². The smallest absolute Gasteiger partial charge is 0.135 e. The van der Waals surface area contributed by atoms with Crippen LogP contribution in [-0.4, -0.2) is 0 Å². The largest absolute Gasteiger partial charge is 0.456 e. The van der Waals surface area contributed by atoms with E-state index in [0.717, 1.165) is 17.8 Å². The summed E-state index contributed by atoms with van der Waals surface area (Å²) in [5, 5.41) is 1.22. The van der Waals surface area contributed by atoms with Gasteiger partial charge in [-0.3, -0.25) is 0 Å². The quantitative estimate of drug-likeness (QED) is 0.356. The van der Waals surface area contributed by atoms with E-state index in [-0.39, 0.29) is 0 Å². The van der Waals surface area contributed by atoms with Gasteiger partial charge in [0, 0.05) is 17.4 Å². The fourth-order valence-electron chi connectivity index (χ4n) is 3.73. The van der Waals surface area contributed by atoms with Gasteiger partial charge in [0.15, 0.2) is 0 Å². The van der Waals surface area contributed by atoms with Crippen LogP contribution in [-0.2, 0) is 6.42 Å². The summed E-state index contributed by atoms with van der Waals surface area (Å²) in [4.78, 5) is 0. The molecule has 1 aliphatic rings. The Kier molecular flexibility index (Phi) is 3.14. The third-order valence-corrected chi connectivity index (χ3v) is 5.04. The number of para-hydroxylation sites is 1. The van der Waals surface area contributed by atoms with Gasteiger partial charge in [-0.2, -0.15) is 0 Å². The molecule has 4 aromatic rings. The number of hydrogen-bond donors (Lipinski definition) is 0. The first-order chi connectivity index (χ1) is 12.3. The van der Waals surface area contributed by atoms with Gasteiger partial charge in [0.05, 0.1) is 0 Å². The third kappa shape index (κ3) is 2.32. The van der Waals surface area contributed by atoms with E-state index in [4.69, 9.17) is 4.42 Å². The van der Waals surface area contributed by atoms with Crippen molar-refractivity contribution in [1.82, 2.24) is 0 Å². The monoisotopic (exact) mass is 322 g/mol. The van der Waals surface area contributed by atoms with Crippen molar-refractivity contribution in [2.45, 2.75) is 13.3 Å². The predicted molar refractivity (Wildman–Crippen MR) is 104 cm³/mol. The topological polar surface area (TPSA) is 13.1 Å². The minimum Gasteiger partial charge on any atom is -0.456 e. The summed E-state index contributed by atoms with van der Waals surface area (Å²) in [6, 6.07) is 25.8. The van der Waals surface area contributed by atoms with E-state index >= 15 is 0 Å². The van der Waals surface area contributed by atoms with E-state index in [1.165, 1.54) is 38.8 Å². The summed E-state index contributed by atoms with van der Waals surface area (Å²) in [6.45, 7) is 2.12. The SMILES string of the molecule is Cc1ccc(C2=Cc3oc4ccccc4c3Cc3ccccc32)cc1. The first-order valence-electron chi connectivity index (χ1n) is 8.67. The highest BCUT2D eigenvalue weighted by Gasteiger charge is 2.20. The summed E-state index contributed by atoms with van der Waals surface area (Å²) in [7, 11) is 0. The van der Waals surface area contributed by atoms with Crippen molar-refractivity contribution in [1.29, 1.82) is 0 Å². The van der Waals surface area contributed by atoms with Crippen LogP contribution >= 0.6 is 0 Å². The molecule has 1 aromatic heterocycles. The molecule has 0 N–H and O–H groups in total. The molecule has 0 saturated carbocycles. The molecular formula is C24H18O. The molecule has 0 spiro atoms. The minimum absolute atomic E-state index is 0.897. The lowest BCUT2D eigenvalue weighted by molar-refractivity contribution is 0.600. The van der Waals surface area contributed by atoms with Crippen LogP contribution in [0, 0.1) is 6.92 Å². The van der Waals surface area contributed by atoms with Crippen LogP contribution in [0.2, 0.25) is 0 Å². The van der Waals surface area contributed by atoms with Crippen molar-refractivity contribution in [3.8, 4) is 0 Å². The van der Waals surface area contributed by atoms with E-state index in [2.05, 4.69) is 79.7 Å². The Balaban J connectivity index is 1.81. The van der Waals surface area contributed by atoms with Crippen molar-refractivity contribution in [3.05, 3.63) is 106 Å². The fraction of sp³-hybridized carbons (Fsp3) is 0.0833. The highest BCUT2D eigenvalue weighted by molar-refractivity contribution is 5.96. The lowest BCUT2D eigenvalue weighted by Gasteiger charge is -2.11. The van der Waals surface area contributed by atoms with Gasteiger partial charge in [-0.05, 0) is 41.3 Å². The molecule has 1 nitrogen and oxygen atoms in total. The van der Waals surface area contributed by atoms with Crippen molar-refractivity contribution in [2.75, 3.05) is 0 Å². The lowest BCUT2D eigenvalue weighted by Crippen LogP contribution is -1.94. The van der Waals surface area contributed by atoms with E-state index in [1.807, 2.05) is 6.07 Å². The number of fused-ring (bicyclic) bond motifs is 4. The average molecular weight is 322 g/mol. The summed E-state index contributed by atoms with van der Waals surface area (Å²) in [5.41, 5.74) is 8.62. The molecule has 0 bridgehead atoms. The summed E-state index contributed by atoms with van der Waals surface area (Å²) in [5.74, 6) is 0.980. The Morgan fingerprint density at radius 1 is 0.800 bits per heavy atom. The lowest BCUT2D eigenvalue weighted by atomic mass is 9.93. The Hall–Kier alpha value is -3.06. The van der Waals surface area contributed by atoms with E-state index in [1.54, 1.807) is 0 Å². The zero-order valence-corrected chi connectivity index (χ0v) is 14.1. The molecule has 0 radical (unpaired) electrons. The molecule has 0 unspecified atom stereocenters. The van der Waals surface area contributed by atoms with Gasteiger partial charge in [-0.15, -0.1) is 0 Å². The second-order valence-electron chi connectivity index (χ2n) is 6.70. The summed E-state index contributed by atoms with van der Waals surface area (Å²) in [6.07, 6.45) is 3.11. The van der Waals surface area contributed by atoms with Crippen molar-refractivity contribution < 1.29 is 4.42 Å². The molecule has 25 heavy (non-hydrogen) atoms. The van der Waals surface area contributed by atoms with Crippen LogP contribution in [0.5, 0.6) is 0 Å². The van der Waals surface area contributed by atoms with E-state index in [9.17, 15) is 0 Å². The molecule has 0 saturated heterocycles. The van der Waals surface area contributed by atoms with Gasteiger partial charge in [-0.1, -0.05) is 72.3 Å². The molecular weight excluding hydrogens is 304 g/mol. The molecule has 0 amide bonds. The Labute approximate surface area is 147 Å². The molecule has 1 aliphatic carbocycles. The maximum atomic E-state index is 6.20. The van der Waals surface area contributed by atoms with Gasteiger partial charge in [-0.25, -0.2) is 0 Å². The Morgan fingerprint density at radius 2 is 1.56 bits per heavy atom. The van der Waals surface area contributed by atoms with Gasteiger partial charge in [0.2, 0.25) is 0 Å². The minimum atomic E-state index is 0.897. The van der Waals surface area contributed by atoms with Crippen LogP contribution < -0.4 is 0 Å². The average Bonchev–Trinajstić information content (AvgIpc) is 2.90. The van der Waals surface area contributed by atoms with Crippen molar-refractivity contribution in [2.24, 2.45) is 0 Å². The van der Waals surface area contributed by atoms with Crippen LogP contribution in [0.15, 0.2) is 77.2 Å². The summed E-state index contributed by atoms with van der Waals surface area (Å²) < 4.78 is 6.20. The van der Waals surface area contributed by atoms with Gasteiger partial charge >= 0.3 is 0 Å². The predicted octanol–water partition coefficient (Wildman–Crippen LogP) is 6.23. The second-order valence-corrected chi connectivity index (χ2v) is 6.70. The molecule has 5 rings (SSSR count). The summed E-state index contributed by atoms with van der Waals surface area (Å²) >= 11 is 0. The maximum absolute atomic E-state index is 6.20. The number of rotatable bonds is 1. The number of benzene rings is 3. The molecule has 120 valence electrons. The van der Waals surface area contributed by atoms with Crippen LogP contribution in [0.1, 0.15) is 33.6 Å². The van der Waals surface area contributed by atoms with Gasteiger partial charge in [0.25, 0.3) is 0 Å².